The average Bonchev–Trinajstić information content (AvgIpc) is 3.21. The molecular weight excluding hydrogens is 310 g/mol. The molecule has 1 aromatic carbocycles. The Hall–Kier alpha value is -2.11. The SMILES string of the molecule is C[C@](O)(CNC(=O)/C=C/c1ccc2c(c1)CCO2)c1ccsc1. The normalized spacial score (nSPS) is 15.9. The summed E-state index contributed by atoms with van der Waals surface area (Å²) in [4.78, 5) is 11.9. The zero-order valence-electron chi connectivity index (χ0n) is 12.9. The van der Waals surface area contributed by atoms with Gasteiger partial charge in [0.05, 0.1) is 13.2 Å². The molecule has 1 amide bonds. The molecule has 1 atom stereocenters. The molecule has 0 unspecified atom stereocenters. The number of benzene rings is 1. The van der Waals surface area contributed by atoms with Gasteiger partial charge in [0.25, 0.3) is 0 Å². The molecule has 1 aliphatic rings. The van der Waals surface area contributed by atoms with Crippen molar-refractivity contribution >= 4 is 23.3 Å². The zero-order chi connectivity index (χ0) is 16.3. The highest BCUT2D eigenvalue weighted by atomic mass is 32.1. The van der Waals surface area contributed by atoms with Crippen molar-refractivity contribution in [3.63, 3.8) is 0 Å². The molecule has 3 rings (SSSR count). The second-order valence-corrected chi connectivity index (χ2v) is 6.58. The quantitative estimate of drug-likeness (QED) is 0.829. The summed E-state index contributed by atoms with van der Waals surface area (Å²) in [5.74, 6) is 0.704. The number of hydrogen-bond acceptors (Lipinski definition) is 4. The van der Waals surface area contributed by atoms with Gasteiger partial charge in [-0.3, -0.25) is 4.79 Å². The fraction of sp³-hybridized carbons (Fsp3) is 0.278. The van der Waals surface area contributed by atoms with Crippen molar-refractivity contribution in [2.75, 3.05) is 13.2 Å². The highest BCUT2D eigenvalue weighted by Gasteiger charge is 2.23. The van der Waals surface area contributed by atoms with Gasteiger partial charge in [-0.1, -0.05) is 6.07 Å². The second kappa shape index (κ2) is 6.56. The molecule has 0 spiro atoms. The van der Waals surface area contributed by atoms with E-state index in [1.165, 1.54) is 23.0 Å². The summed E-state index contributed by atoms with van der Waals surface area (Å²) < 4.78 is 5.46. The molecule has 0 saturated carbocycles. The Bertz CT molecular complexity index is 720. The minimum Gasteiger partial charge on any atom is -0.493 e. The van der Waals surface area contributed by atoms with E-state index in [0.717, 1.165) is 29.9 Å². The molecule has 2 aromatic rings. The van der Waals surface area contributed by atoms with Crippen molar-refractivity contribution in [1.82, 2.24) is 5.32 Å². The van der Waals surface area contributed by atoms with Crippen LogP contribution in [0.5, 0.6) is 5.75 Å². The second-order valence-electron chi connectivity index (χ2n) is 5.80. The molecule has 120 valence electrons. The topological polar surface area (TPSA) is 58.6 Å². The summed E-state index contributed by atoms with van der Waals surface area (Å²) in [7, 11) is 0. The van der Waals surface area contributed by atoms with Crippen LogP contribution in [0.4, 0.5) is 0 Å². The Morgan fingerprint density at radius 1 is 1.48 bits per heavy atom. The van der Waals surface area contributed by atoms with Gasteiger partial charge < -0.3 is 15.2 Å². The molecule has 2 N–H and O–H groups in total. The maximum atomic E-state index is 11.9. The van der Waals surface area contributed by atoms with Gasteiger partial charge in [0.1, 0.15) is 11.4 Å². The first-order valence-corrected chi connectivity index (χ1v) is 8.45. The molecule has 4 nitrogen and oxygen atoms in total. The maximum Gasteiger partial charge on any atom is 0.244 e. The summed E-state index contributed by atoms with van der Waals surface area (Å²) in [6.45, 7) is 2.59. The fourth-order valence-corrected chi connectivity index (χ4v) is 3.26. The summed E-state index contributed by atoms with van der Waals surface area (Å²) >= 11 is 1.52. The molecule has 1 aromatic heterocycles. The average molecular weight is 329 g/mol. The van der Waals surface area contributed by atoms with Crippen LogP contribution in [-0.2, 0) is 16.8 Å². The predicted octanol–water partition coefficient (Wildman–Crippen LogP) is 2.72. The van der Waals surface area contributed by atoms with E-state index < -0.39 is 5.60 Å². The third kappa shape index (κ3) is 3.81. The molecule has 0 saturated heterocycles. The van der Waals surface area contributed by atoms with Crippen LogP contribution < -0.4 is 10.1 Å². The number of nitrogens with one attached hydrogen (secondary N) is 1. The lowest BCUT2D eigenvalue weighted by Crippen LogP contribution is -2.37. The summed E-state index contributed by atoms with van der Waals surface area (Å²) in [6, 6.07) is 7.75. The number of aliphatic hydroxyl groups is 1. The minimum atomic E-state index is -1.06. The molecule has 0 aliphatic carbocycles. The number of carbonyl (C=O) groups is 1. The Morgan fingerprint density at radius 3 is 3.13 bits per heavy atom. The van der Waals surface area contributed by atoms with Gasteiger partial charge in [0, 0.05) is 12.5 Å². The Kier molecular flexibility index (Phi) is 4.50. The molecule has 0 bridgehead atoms. The van der Waals surface area contributed by atoms with Gasteiger partial charge in [-0.25, -0.2) is 0 Å². The highest BCUT2D eigenvalue weighted by molar-refractivity contribution is 7.08. The zero-order valence-corrected chi connectivity index (χ0v) is 13.7. The lowest BCUT2D eigenvalue weighted by molar-refractivity contribution is -0.117. The van der Waals surface area contributed by atoms with E-state index >= 15 is 0 Å². The van der Waals surface area contributed by atoms with Crippen molar-refractivity contribution < 1.29 is 14.6 Å². The van der Waals surface area contributed by atoms with Crippen molar-refractivity contribution in [1.29, 1.82) is 0 Å². The van der Waals surface area contributed by atoms with E-state index in [4.69, 9.17) is 4.74 Å². The van der Waals surface area contributed by atoms with Gasteiger partial charge in [-0.2, -0.15) is 11.3 Å². The number of hydrogen-bond donors (Lipinski definition) is 2. The lowest BCUT2D eigenvalue weighted by Gasteiger charge is -2.22. The van der Waals surface area contributed by atoms with Crippen molar-refractivity contribution in [2.45, 2.75) is 18.9 Å². The number of ether oxygens (including phenoxy) is 1. The van der Waals surface area contributed by atoms with E-state index in [2.05, 4.69) is 5.32 Å². The van der Waals surface area contributed by atoms with Crippen LogP contribution in [0.25, 0.3) is 6.08 Å². The first-order valence-electron chi connectivity index (χ1n) is 7.51. The number of carbonyl (C=O) groups excluding carboxylic acids is 1. The van der Waals surface area contributed by atoms with Crippen LogP contribution in [0.2, 0.25) is 0 Å². The summed E-state index contributed by atoms with van der Waals surface area (Å²) in [5, 5.41) is 16.9. The largest absolute Gasteiger partial charge is 0.493 e. The maximum absolute atomic E-state index is 11.9. The first-order chi connectivity index (χ1) is 11.0. The van der Waals surface area contributed by atoms with Crippen LogP contribution in [-0.4, -0.2) is 24.2 Å². The Morgan fingerprint density at radius 2 is 2.35 bits per heavy atom. The Labute approximate surface area is 139 Å². The van der Waals surface area contributed by atoms with E-state index in [9.17, 15) is 9.90 Å². The predicted molar refractivity (Wildman–Crippen MR) is 91.6 cm³/mol. The third-order valence-corrected chi connectivity index (χ3v) is 4.57. The van der Waals surface area contributed by atoms with Crippen LogP contribution >= 0.6 is 11.3 Å². The van der Waals surface area contributed by atoms with Gasteiger partial charge in [-0.15, -0.1) is 0 Å². The molecular formula is C18H19NO3S. The highest BCUT2D eigenvalue weighted by Crippen LogP contribution is 2.26. The number of fused-ring (bicyclic) bond motifs is 1. The molecule has 0 radical (unpaired) electrons. The molecule has 2 heterocycles. The van der Waals surface area contributed by atoms with Crippen molar-refractivity contribution in [3.05, 3.63) is 57.8 Å². The van der Waals surface area contributed by atoms with Gasteiger partial charge in [-0.05, 0) is 58.6 Å². The molecule has 23 heavy (non-hydrogen) atoms. The lowest BCUT2D eigenvalue weighted by atomic mass is 9.99. The van der Waals surface area contributed by atoms with E-state index in [1.54, 1.807) is 13.0 Å². The van der Waals surface area contributed by atoms with Crippen molar-refractivity contribution in [2.24, 2.45) is 0 Å². The minimum absolute atomic E-state index is 0.172. The van der Waals surface area contributed by atoms with E-state index in [1.807, 2.05) is 35.0 Å². The van der Waals surface area contributed by atoms with Gasteiger partial charge >= 0.3 is 0 Å². The fourth-order valence-electron chi connectivity index (χ4n) is 2.47. The van der Waals surface area contributed by atoms with Gasteiger partial charge in [0.2, 0.25) is 5.91 Å². The first kappa shape index (κ1) is 15.8. The third-order valence-electron chi connectivity index (χ3n) is 3.89. The standard InChI is InChI=1S/C18H19NO3S/c1-18(21,15-7-9-23-11-15)12-19-17(20)5-3-13-2-4-16-14(10-13)6-8-22-16/h2-5,7,9-11,21H,6,8,12H2,1H3,(H,19,20)/b5-3+/t18-/m0/s1. The smallest absolute Gasteiger partial charge is 0.244 e. The molecule has 0 fully saturated rings. The summed E-state index contributed by atoms with van der Waals surface area (Å²) in [6.07, 6.45) is 4.17. The van der Waals surface area contributed by atoms with Crippen molar-refractivity contribution in [3.8, 4) is 5.75 Å². The van der Waals surface area contributed by atoms with E-state index in [-0.39, 0.29) is 12.5 Å². The van der Waals surface area contributed by atoms with Crippen LogP contribution in [0.15, 0.2) is 41.1 Å². The number of thiophene rings is 1. The van der Waals surface area contributed by atoms with Gasteiger partial charge in [0.15, 0.2) is 0 Å². The number of rotatable bonds is 5. The van der Waals surface area contributed by atoms with Crippen LogP contribution in [0, 0.1) is 0 Å². The van der Waals surface area contributed by atoms with Crippen LogP contribution in [0.3, 0.4) is 0 Å². The monoisotopic (exact) mass is 329 g/mol. The summed E-state index contributed by atoms with van der Waals surface area (Å²) in [5.41, 5.74) is 1.89. The molecule has 5 heteroatoms. The van der Waals surface area contributed by atoms with Crippen LogP contribution in [0.1, 0.15) is 23.6 Å². The number of amides is 1. The van der Waals surface area contributed by atoms with E-state index in [0.29, 0.717) is 0 Å². The molecule has 1 aliphatic heterocycles. The Balaban J connectivity index is 1.57.